The van der Waals surface area contributed by atoms with E-state index in [1.807, 2.05) is 6.26 Å². The van der Waals surface area contributed by atoms with Gasteiger partial charge in [0.1, 0.15) is 16.5 Å². The minimum atomic E-state index is -4.18. The number of nitrogen functional groups attached to an aromatic ring is 1. The number of thioether (sulfide) groups is 1. The average molecular weight is 330 g/mol. The van der Waals surface area contributed by atoms with E-state index in [0.717, 1.165) is 11.0 Å². The second-order valence-electron chi connectivity index (χ2n) is 4.14. The molecule has 0 saturated heterocycles. The van der Waals surface area contributed by atoms with Crippen molar-refractivity contribution in [2.75, 3.05) is 16.7 Å². The van der Waals surface area contributed by atoms with Crippen LogP contribution < -0.4 is 10.5 Å². The molecule has 4 nitrogen and oxygen atoms in total. The SMILES string of the molecule is CSc1ccc(NS(=O)(=O)c2cc(N)c(F)cc2F)cc1. The number of rotatable bonds is 4. The van der Waals surface area contributed by atoms with Crippen molar-refractivity contribution in [3.8, 4) is 0 Å². The molecule has 2 aromatic rings. The molecule has 0 aliphatic rings. The number of hydrogen-bond donors (Lipinski definition) is 2. The molecular weight excluding hydrogens is 318 g/mol. The topological polar surface area (TPSA) is 72.2 Å². The molecule has 0 saturated carbocycles. The van der Waals surface area contributed by atoms with Gasteiger partial charge in [-0.3, -0.25) is 4.72 Å². The number of hydrogen-bond acceptors (Lipinski definition) is 4. The Balaban J connectivity index is 2.35. The predicted octanol–water partition coefficient (Wildman–Crippen LogP) is 3.07. The minimum absolute atomic E-state index is 0.273. The molecule has 0 aliphatic carbocycles. The molecule has 0 unspecified atom stereocenters. The first-order valence-electron chi connectivity index (χ1n) is 5.75. The molecule has 0 bridgehead atoms. The van der Waals surface area contributed by atoms with Gasteiger partial charge in [0.25, 0.3) is 10.0 Å². The van der Waals surface area contributed by atoms with Gasteiger partial charge in [-0.05, 0) is 36.6 Å². The predicted molar refractivity (Wildman–Crippen MR) is 79.8 cm³/mol. The highest BCUT2D eigenvalue weighted by atomic mass is 32.2. The van der Waals surface area contributed by atoms with E-state index in [1.54, 1.807) is 24.3 Å². The molecule has 0 aliphatic heterocycles. The molecular formula is C13H12F2N2O2S2. The molecule has 0 amide bonds. The molecule has 8 heteroatoms. The highest BCUT2D eigenvalue weighted by molar-refractivity contribution is 7.98. The van der Waals surface area contributed by atoms with Crippen LogP contribution in [0.4, 0.5) is 20.2 Å². The van der Waals surface area contributed by atoms with Crippen LogP contribution in [0.2, 0.25) is 0 Å². The average Bonchev–Trinajstić information content (AvgIpc) is 2.43. The van der Waals surface area contributed by atoms with Crippen LogP contribution in [0.25, 0.3) is 0 Å². The molecule has 0 radical (unpaired) electrons. The van der Waals surface area contributed by atoms with Crippen molar-refractivity contribution in [2.24, 2.45) is 0 Å². The van der Waals surface area contributed by atoms with Gasteiger partial charge in [-0.2, -0.15) is 0 Å². The summed E-state index contributed by atoms with van der Waals surface area (Å²) in [5.74, 6) is -2.20. The summed E-state index contributed by atoms with van der Waals surface area (Å²) < 4.78 is 53.1. The fourth-order valence-electron chi connectivity index (χ4n) is 1.62. The van der Waals surface area contributed by atoms with Crippen LogP contribution in [0.15, 0.2) is 46.2 Å². The van der Waals surface area contributed by atoms with Crippen molar-refractivity contribution in [2.45, 2.75) is 9.79 Å². The van der Waals surface area contributed by atoms with E-state index in [9.17, 15) is 17.2 Å². The largest absolute Gasteiger partial charge is 0.396 e. The minimum Gasteiger partial charge on any atom is -0.396 e. The van der Waals surface area contributed by atoms with E-state index in [2.05, 4.69) is 4.72 Å². The first-order valence-corrected chi connectivity index (χ1v) is 8.45. The normalized spacial score (nSPS) is 11.4. The number of nitrogens with two attached hydrogens (primary N) is 1. The van der Waals surface area contributed by atoms with E-state index in [4.69, 9.17) is 5.73 Å². The van der Waals surface area contributed by atoms with Crippen LogP contribution in [0.1, 0.15) is 0 Å². The van der Waals surface area contributed by atoms with Gasteiger partial charge in [0.2, 0.25) is 0 Å². The summed E-state index contributed by atoms with van der Waals surface area (Å²) in [6, 6.07) is 7.74. The van der Waals surface area contributed by atoms with Crippen molar-refractivity contribution in [1.29, 1.82) is 0 Å². The Morgan fingerprint density at radius 3 is 2.29 bits per heavy atom. The zero-order chi connectivity index (χ0) is 15.6. The summed E-state index contributed by atoms with van der Waals surface area (Å²) in [7, 11) is -4.18. The van der Waals surface area contributed by atoms with E-state index >= 15 is 0 Å². The third-order valence-corrected chi connectivity index (χ3v) is 4.82. The van der Waals surface area contributed by atoms with Gasteiger partial charge in [-0.15, -0.1) is 11.8 Å². The zero-order valence-corrected chi connectivity index (χ0v) is 12.6. The Kier molecular flexibility index (Phi) is 4.38. The highest BCUT2D eigenvalue weighted by Gasteiger charge is 2.21. The molecule has 2 rings (SSSR count). The van der Waals surface area contributed by atoms with Gasteiger partial charge < -0.3 is 5.73 Å². The van der Waals surface area contributed by atoms with Crippen LogP contribution in [-0.4, -0.2) is 14.7 Å². The summed E-state index contributed by atoms with van der Waals surface area (Å²) in [5, 5.41) is 0. The first kappa shape index (κ1) is 15.6. The highest BCUT2D eigenvalue weighted by Crippen LogP contribution is 2.24. The summed E-state index contributed by atoms with van der Waals surface area (Å²) in [6.07, 6.45) is 1.88. The molecule has 2 aromatic carbocycles. The summed E-state index contributed by atoms with van der Waals surface area (Å²) >= 11 is 1.50. The van der Waals surface area contributed by atoms with E-state index in [0.29, 0.717) is 6.07 Å². The quantitative estimate of drug-likeness (QED) is 0.667. The first-order chi connectivity index (χ1) is 9.83. The van der Waals surface area contributed by atoms with Crippen LogP contribution in [0.5, 0.6) is 0 Å². The van der Waals surface area contributed by atoms with E-state index < -0.39 is 32.2 Å². The fraction of sp³-hybridized carbons (Fsp3) is 0.0769. The van der Waals surface area contributed by atoms with Crippen LogP contribution in [-0.2, 0) is 10.0 Å². The Hall–Kier alpha value is -1.80. The molecule has 21 heavy (non-hydrogen) atoms. The van der Waals surface area contributed by atoms with Crippen molar-refractivity contribution in [3.63, 3.8) is 0 Å². The maximum Gasteiger partial charge on any atom is 0.264 e. The third kappa shape index (κ3) is 3.45. The van der Waals surface area contributed by atoms with Crippen molar-refractivity contribution < 1.29 is 17.2 Å². The number of nitrogens with one attached hydrogen (secondary N) is 1. The van der Waals surface area contributed by atoms with Gasteiger partial charge in [0, 0.05) is 16.6 Å². The smallest absolute Gasteiger partial charge is 0.264 e. The molecule has 3 N–H and O–H groups in total. The fourth-order valence-corrected chi connectivity index (χ4v) is 3.18. The molecule has 0 aromatic heterocycles. The molecule has 0 atom stereocenters. The lowest BCUT2D eigenvalue weighted by Crippen LogP contribution is -2.15. The summed E-state index contributed by atoms with van der Waals surface area (Å²) in [5.41, 5.74) is 5.12. The molecule has 0 spiro atoms. The molecule has 0 heterocycles. The second kappa shape index (κ2) is 5.90. The van der Waals surface area contributed by atoms with Crippen molar-refractivity contribution in [1.82, 2.24) is 0 Å². The van der Waals surface area contributed by atoms with E-state index in [-0.39, 0.29) is 5.69 Å². The van der Waals surface area contributed by atoms with Gasteiger partial charge in [-0.25, -0.2) is 17.2 Å². The molecule has 0 fully saturated rings. The van der Waals surface area contributed by atoms with Gasteiger partial charge in [-0.1, -0.05) is 0 Å². The number of halogens is 2. The number of anilines is 2. The van der Waals surface area contributed by atoms with Crippen LogP contribution in [0, 0.1) is 11.6 Å². The van der Waals surface area contributed by atoms with Crippen LogP contribution in [0.3, 0.4) is 0 Å². The number of benzene rings is 2. The number of sulfonamides is 1. The Morgan fingerprint density at radius 2 is 1.71 bits per heavy atom. The Morgan fingerprint density at radius 1 is 1.10 bits per heavy atom. The second-order valence-corrected chi connectivity index (χ2v) is 6.67. The zero-order valence-electron chi connectivity index (χ0n) is 10.9. The van der Waals surface area contributed by atoms with E-state index in [1.165, 1.54) is 11.8 Å². The summed E-state index contributed by atoms with van der Waals surface area (Å²) in [6.45, 7) is 0. The monoisotopic (exact) mass is 330 g/mol. The molecule has 112 valence electrons. The van der Waals surface area contributed by atoms with Crippen molar-refractivity contribution >= 4 is 33.2 Å². The van der Waals surface area contributed by atoms with Crippen LogP contribution >= 0.6 is 11.8 Å². The third-order valence-electron chi connectivity index (χ3n) is 2.68. The van der Waals surface area contributed by atoms with Gasteiger partial charge in [0.15, 0.2) is 0 Å². The lowest BCUT2D eigenvalue weighted by Gasteiger charge is -2.10. The maximum absolute atomic E-state index is 13.6. The summed E-state index contributed by atoms with van der Waals surface area (Å²) in [4.78, 5) is 0.255. The lowest BCUT2D eigenvalue weighted by molar-refractivity contribution is 0.553. The standard InChI is InChI=1S/C13H12F2N2O2S2/c1-20-9-4-2-8(3-5-9)17-21(18,19)13-7-12(16)10(14)6-11(13)15/h2-7,17H,16H2,1H3. The van der Waals surface area contributed by atoms with Gasteiger partial charge >= 0.3 is 0 Å². The maximum atomic E-state index is 13.6. The van der Waals surface area contributed by atoms with Gasteiger partial charge in [0.05, 0.1) is 5.69 Å². The Bertz CT molecular complexity index is 762. The van der Waals surface area contributed by atoms with Crippen molar-refractivity contribution in [3.05, 3.63) is 48.0 Å². The Labute approximate surface area is 125 Å². The lowest BCUT2D eigenvalue weighted by atomic mass is 10.3.